The number of allylic oxidation sites excluding steroid dienone is 2. The Balaban J connectivity index is 2.55. The molecule has 2 rings (SSSR count). The largest absolute Gasteiger partial charge is 0.487 e. The molecule has 0 unspecified atom stereocenters. The van der Waals surface area contributed by atoms with Crippen LogP contribution in [-0.4, -0.2) is 0 Å². The number of fused-ring (bicyclic) bond motifs is 1. The van der Waals surface area contributed by atoms with Gasteiger partial charge < -0.3 is 4.74 Å². The molecule has 18 heavy (non-hydrogen) atoms. The van der Waals surface area contributed by atoms with Crippen LogP contribution in [0.2, 0.25) is 0 Å². The molecule has 1 aliphatic rings. The number of ether oxygens (including phenoxy) is 1. The fourth-order valence-corrected chi connectivity index (χ4v) is 2.80. The van der Waals surface area contributed by atoms with Crippen LogP contribution in [0.25, 0.3) is 5.57 Å². The first-order valence-corrected chi connectivity index (χ1v) is 7.11. The van der Waals surface area contributed by atoms with E-state index in [9.17, 15) is 0 Å². The summed E-state index contributed by atoms with van der Waals surface area (Å²) in [5.41, 5.74) is 3.96. The van der Waals surface area contributed by atoms with Crippen molar-refractivity contribution in [2.75, 3.05) is 0 Å². The van der Waals surface area contributed by atoms with Gasteiger partial charge >= 0.3 is 0 Å². The first kappa shape index (κ1) is 13.2. The molecule has 0 saturated carbocycles. The molecule has 1 heterocycles. The van der Waals surface area contributed by atoms with Gasteiger partial charge in [0.25, 0.3) is 0 Å². The van der Waals surface area contributed by atoms with E-state index in [1.807, 2.05) is 0 Å². The predicted octanol–water partition coefficient (Wildman–Crippen LogP) is 5.26. The predicted molar refractivity (Wildman–Crippen MR) is 77.3 cm³/mol. The molecule has 0 bridgehead atoms. The Morgan fingerprint density at radius 3 is 2.33 bits per heavy atom. The van der Waals surface area contributed by atoms with Crippen LogP contribution in [0, 0.1) is 0 Å². The minimum atomic E-state index is -0.196. The Hall–Kier alpha value is -1.24. The number of rotatable bonds is 4. The van der Waals surface area contributed by atoms with Gasteiger partial charge in [-0.25, -0.2) is 0 Å². The summed E-state index contributed by atoms with van der Waals surface area (Å²) in [4.78, 5) is 0. The van der Waals surface area contributed by atoms with Gasteiger partial charge in [0, 0.05) is 12.0 Å². The average molecular weight is 244 g/mol. The van der Waals surface area contributed by atoms with Crippen LogP contribution < -0.4 is 0 Å². The molecule has 1 nitrogen and oxygen atoms in total. The van der Waals surface area contributed by atoms with Crippen molar-refractivity contribution in [2.24, 2.45) is 0 Å². The fourth-order valence-electron chi connectivity index (χ4n) is 2.80. The van der Waals surface area contributed by atoms with Crippen molar-refractivity contribution in [1.29, 1.82) is 0 Å². The van der Waals surface area contributed by atoms with E-state index in [4.69, 9.17) is 4.74 Å². The highest BCUT2D eigenvalue weighted by Gasteiger charge is 2.32. The van der Waals surface area contributed by atoms with Crippen LogP contribution in [0.3, 0.4) is 0 Å². The highest BCUT2D eigenvalue weighted by atomic mass is 16.5. The van der Waals surface area contributed by atoms with Crippen LogP contribution in [0.1, 0.15) is 64.5 Å². The van der Waals surface area contributed by atoms with E-state index in [-0.39, 0.29) is 5.60 Å². The molecule has 1 aromatic carbocycles. The quantitative estimate of drug-likeness (QED) is 0.701. The molecule has 0 N–H and O–H groups in total. The maximum atomic E-state index is 6.29. The van der Waals surface area contributed by atoms with E-state index in [0.717, 1.165) is 19.3 Å². The SMILES string of the molecule is CCCC1=C(CCC)c2ccccc2C(C)(C)O1. The van der Waals surface area contributed by atoms with E-state index >= 15 is 0 Å². The lowest BCUT2D eigenvalue weighted by molar-refractivity contribution is 0.0227. The van der Waals surface area contributed by atoms with E-state index in [1.54, 1.807) is 0 Å². The normalized spacial score (nSPS) is 17.3. The zero-order valence-corrected chi connectivity index (χ0v) is 12.0. The Labute approximate surface area is 111 Å². The molecule has 1 aliphatic heterocycles. The van der Waals surface area contributed by atoms with Gasteiger partial charge in [-0.3, -0.25) is 0 Å². The highest BCUT2D eigenvalue weighted by molar-refractivity contribution is 5.72. The van der Waals surface area contributed by atoms with Gasteiger partial charge in [0.15, 0.2) is 0 Å². The molecule has 0 fully saturated rings. The van der Waals surface area contributed by atoms with Crippen LogP contribution in [0.5, 0.6) is 0 Å². The van der Waals surface area contributed by atoms with E-state index in [2.05, 4.69) is 52.0 Å². The van der Waals surface area contributed by atoms with Gasteiger partial charge in [-0.05, 0) is 37.8 Å². The lowest BCUT2D eigenvalue weighted by Crippen LogP contribution is -2.27. The van der Waals surface area contributed by atoms with E-state index in [1.165, 1.54) is 28.9 Å². The van der Waals surface area contributed by atoms with Crippen molar-refractivity contribution >= 4 is 5.57 Å². The van der Waals surface area contributed by atoms with Gasteiger partial charge in [-0.1, -0.05) is 44.5 Å². The zero-order valence-electron chi connectivity index (χ0n) is 12.0. The molecule has 0 aliphatic carbocycles. The molecular weight excluding hydrogens is 220 g/mol. The molecule has 98 valence electrons. The molecule has 0 aromatic heterocycles. The summed E-state index contributed by atoms with van der Waals surface area (Å²) in [5.74, 6) is 1.21. The van der Waals surface area contributed by atoms with Gasteiger partial charge in [-0.15, -0.1) is 0 Å². The first-order chi connectivity index (χ1) is 8.60. The summed E-state index contributed by atoms with van der Waals surface area (Å²) < 4.78 is 6.29. The maximum Gasteiger partial charge on any atom is 0.128 e. The van der Waals surface area contributed by atoms with Crippen molar-refractivity contribution in [3.8, 4) is 0 Å². The van der Waals surface area contributed by atoms with Crippen LogP contribution in [-0.2, 0) is 10.3 Å². The number of hydrogen-bond acceptors (Lipinski definition) is 1. The van der Waals surface area contributed by atoms with Crippen molar-refractivity contribution in [3.05, 3.63) is 41.2 Å². The highest BCUT2D eigenvalue weighted by Crippen LogP contribution is 2.43. The summed E-state index contributed by atoms with van der Waals surface area (Å²) in [6, 6.07) is 8.70. The molecule has 0 amide bonds. The van der Waals surface area contributed by atoms with Crippen molar-refractivity contribution in [1.82, 2.24) is 0 Å². The molecule has 1 heteroatoms. The third-order valence-electron chi connectivity index (χ3n) is 3.59. The second kappa shape index (κ2) is 5.17. The lowest BCUT2D eigenvalue weighted by Gasteiger charge is -2.36. The second-order valence-corrected chi connectivity index (χ2v) is 5.56. The van der Waals surface area contributed by atoms with Gasteiger partial charge in [0.05, 0.1) is 0 Å². The van der Waals surface area contributed by atoms with Crippen LogP contribution in [0.4, 0.5) is 0 Å². The third-order valence-corrected chi connectivity index (χ3v) is 3.59. The van der Waals surface area contributed by atoms with Gasteiger partial charge in [0.1, 0.15) is 11.4 Å². The minimum absolute atomic E-state index is 0.196. The summed E-state index contributed by atoms with van der Waals surface area (Å²) in [5, 5.41) is 0. The monoisotopic (exact) mass is 244 g/mol. The maximum absolute atomic E-state index is 6.29. The molecule has 0 atom stereocenters. The van der Waals surface area contributed by atoms with Crippen molar-refractivity contribution < 1.29 is 4.74 Å². The van der Waals surface area contributed by atoms with Gasteiger partial charge in [0.2, 0.25) is 0 Å². The first-order valence-electron chi connectivity index (χ1n) is 7.11. The summed E-state index contributed by atoms with van der Waals surface area (Å²) in [7, 11) is 0. The topological polar surface area (TPSA) is 9.23 Å². The smallest absolute Gasteiger partial charge is 0.128 e. The molecule has 0 saturated heterocycles. The lowest BCUT2D eigenvalue weighted by atomic mass is 9.84. The average Bonchev–Trinajstić information content (AvgIpc) is 2.34. The Morgan fingerprint density at radius 2 is 1.67 bits per heavy atom. The number of benzene rings is 1. The molecular formula is C17H24O. The van der Waals surface area contributed by atoms with E-state index < -0.39 is 0 Å². The minimum Gasteiger partial charge on any atom is -0.487 e. The summed E-state index contributed by atoms with van der Waals surface area (Å²) >= 11 is 0. The van der Waals surface area contributed by atoms with Crippen LogP contribution >= 0.6 is 0 Å². The molecule has 0 spiro atoms. The Morgan fingerprint density at radius 1 is 1.00 bits per heavy atom. The van der Waals surface area contributed by atoms with E-state index in [0.29, 0.717) is 0 Å². The van der Waals surface area contributed by atoms with Crippen molar-refractivity contribution in [3.63, 3.8) is 0 Å². The third kappa shape index (κ3) is 2.31. The molecule has 1 aromatic rings. The second-order valence-electron chi connectivity index (χ2n) is 5.56. The standard InChI is InChI=1S/C17H24O/c1-5-9-14-13-11-7-8-12-15(13)17(3,4)18-16(14)10-6-2/h7-8,11-12H,5-6,9-10H2,1-4H3. The fraction of sp³-hybridized carbons (Fsp3) is 0.529. The van der Waals surface area contributed by atoms with Crippen molar-refractivity contribution in [2.45, 2.75) is 59.0 Å². The zero-order chi connectivity index (χ0) is 13.2. The van der Waals surface area contributed by atoms with Crippen LogP contribution in [0.15, 0.2) is 30.0 Å². The summed E-state index contributed by atoms with van der Waals surface area (Å²) in [6.07, 6.45) is 4.47. The molecule has 0 radical (unpaired) electrons. The summed E-state index contributed by atoms with van der Waals surface area (Å²) in [6.45, 7) is 8.79. The van der Waals surface area contributed by atoms with Gasteiger partial charge in [-0.2, -0.15) is 0 Å². The Kier molecular flexibility index (Phi) is 3.79. The number of hydrogen-bond donors (Lipinski definition) is 0. The Bertz CT molecular complexity index is 454.